The highest BCUT2D eigenvalue weighted by Gasteiger charge is 2.14. The summed E-state index contributed by atoms with van der Waals surface area (Å²) in [6, 6.07) is 44.1. The molecular formula is C35H27N3. The molecule has 0 atom stereocenters. The Balaban J connectivity index is 1.57. The summed E-state index contributed by atoms with van der Waals surface area (Å²) in [5.41, 5.74) is 9.92. The van der Waals surface area contributed by atoms with E-state index < -0.39 is 0 Å². The van der Waals surface area contributed by atoms with Crippen LogP contribution < -0.4 is 0 Å². The first-order valence-electron chi connectivity index (χ1n) is 12.8. The monoisotopic (exact) mass is 489 g/mol. The van der Waals surface area contributed by atoms with Crippen molar-refractivity contribution in [3.8, 4) is 56.4 Å². The van der Waals surface area contributed by atoms with Crippen LogP contribution in [-0.2, 0) is 0 Å². The van der Waals surface area contributed by atoms with Crippen LogP contribution >= 0.6 is 0 Å². The van der Waals surface area contributed by atoms with Gasteiger partial charge in [0.05, 0.1) is 0 Å². The first-order valence-corrected chi connectivity index (χ1v) is 12.8. The van der Waals surface area contributed by atoms with E-state index in [4.69, 9.17) is 15.0 Å². The fourth-order valence-corrected chi connectivity index (χ4v) is 4.52. The molecule has 0 aliphatic rings. The standard InChI is InChI=1S/C35H27N3/c1-24-13-17-26(18-14-24)30-21-31(27-19-15-25(2)16-20-27)23-32(22-30)35-37-33(28-9-5-3-6-10-28)36-34(38-35)29-11-7-4-8-12-29/h3-23H,1-2H3. The van der Waals surface area contributed by atoms with Crippen LogP contribution in [0.5, 0.6) is 0 Å². The van der Waals surface area contributed by atoms with E-state index in [1.165, 1.54) is 11.1 Å². The molecule has 5 aromatic carbocycles. The molecule has 38 heavy (non-hydrogen) atoms. The molecule has 0 radical (unpaired) electrons. The zero-order chi connectivity index (χ0) is 25.9. The molecule has 0 aliphatic heterocycles. The summed E-state index contributed by atoms with van der Waals surface area (Å²) >= 11 is 0. The zero-order valence-electron chi connectivity index (χ0n) is 21.5. The molecule has 3 nitrogen and oxygen atoms in total. The molecule has 0 saturated heterocycles. The molecular weight excluding hydrogens is 462 g/mol. The zero-order valence-corrected chi connectivity index (χ0v) is 21.5. The summed E-state index contributed by atoms with van der Waals surface area (Å²) in [5, 5.41) is 0. The summed E-state index contributed by atoms with van der Waals surface area (Å²) in [6.07, 6.45) is 0. The van der Waals surface area contributed by atoms with Gasteiger partial charge in [-0.3, -0.25) is 0 Å². The molecule has 6 aromatic rings. The fraction of sp³-hybridized carbons (Fsp3) is 0.0571. The van der Waals surface area contributed by atoms with Crippen LogP contribution in [0, 0.1) is 13.8 Å². The highest BCUT2D eigenvalue weighted by Crippen LogP contribution is 2.33. The average Bonchev–Trinajstić information content (AvgIpc) is 2.98. The van der Waals surface area contributed by atoms with E-state index in [2.05, 4.69) is 80.6 Å². The van der Waals surface area contributed by atoms with Crippen molar-refractivity contribution in [1.82, 2.24) is 15.0 Å². The maximum atomic E-state index is 4.97. The molecule has 0 bridgehead atoms. The van der Waals surface area contributed by atoms with Gasteiger partial charge in [-0.25, -0.2) is 15.0 Å². The van der Waals surface area contributed by atoms with E-state index in [9.17, 15) is 0 Å². The van der Waals surface area contributed by atoms with Gasteiger partial charge >= 0.3 is 0 Å². The van der Waals surface area contributed by atoms with Crippen molar-refractivity contribution in [1.29, 1.82) is 0 Å². The maximum Gasteiger partial charge on any atom is 0.164 e. The van der Waals surface area contributed by atoms with Gasteiger partial charge in [-0.1, -0.05) is 120 Å². The lowest BCUT2D eigenvalue weighted by Crippen LogP contribution is -2.00. The number of aromatic nitrogens is 3. The Labute approximate surface area is 223 Å². The predicted molar refractivity (Wildman–Crippen MR) is 156 cm³/mol. The maximum absolute atomic E-state index is 4.97. The molecule has 3 heteroatoms. The lowest BCUT2D eigenvalue weighted by atomic mass is 9.95. The molecule has 0 aliphatic carbocycles. The number of hydrogen-bond donors (Lipinski definition) is 0. The van der Waals surface area contributed by atoms with E-state index in [1.807, 2.05) is 60.7 Å². The Morgan fingerprint density at radius 3 is 1.05 bits per heavy atom. The first kappa shape index (κ1) is 23.5. The second kappa shape index (κ2) is 10.2. The molecule has 1 aromatic heterocycles. The quantitative estimate of drug-likeness (QED) is 0.243. The van der Waals surface area contributed by atoms with Crippen LogP contribution in [0.3, 0.4) is 0 Å². The molecule has 6 rings (SSSR count). The minimum atomic E-state index is 0.653. The largest absolute Gasteiger partial charge is 0.208 e. The van der Waals surface area contributed by atoms with Gasteiger partial charge in [0.15, 0.2) is 17.5 Å². The molecule has 0 spiro atoms. The highest BCUT2D eigenvalue weighted by molar-refractivity contribution is 5.80. The van der Waals surface area contributed by atoms with Crippen LogP contribution in [-0.4, -0.2) is 15.0 Å². The van der Waals surface area contributed by atoms with Crippen molar-refractivity contribution in [3.63, 3.8) is 0 Å². The SMILES string of the molecule is Cc1ccc(-c2cc(-c3ccc(C)cc3)cc(-c3nc(-c4ccccc4)nc(-c4ccccc4)n3)c2)cc1. The van der Waals surface area contributed by atoms with Crippen molar-refractivity contribution in [2.75, 3.05) is 0 Å². The van der Waals surface area contributed by atoms with Gasteiger partial charge < -0.3 is 0 Å². The van der Waals surface area contributed by atoms with Gasteiger partial charge in [-0.15, -0.1) is 0 Å². The van der Waals surface area contributed by atoms with Crippen molar-refractivity contribution < 1.29 is 0 Å². The Hall–Kier alpha value is -4.89. The van der Waals surface area contributed by atoms with Crippen LogP contribution in [0.2, 0.25) is 0 Å². The summed E-state index contributed by atoms with van der Waals surface area (Å²) in [4.78, 5) is 14.8. The number of hydrogen-bond acceptors (Lipinski definition) is 3. The van der Waals surface area contributed by atoms with Gasteiger partial charge in [-0.05, 0) is 54.3 Å². The van der Waals surface area contributed by atoms with E-state index in [0.717, 1.165) is 38.9 Å². The molecule has 0 N–H and O–H groups in total. The predicted octanol–water partition coefficient (Wildman–Crippen LogP) is 8.82. The second-order valence-corrected chi connectivity index (χ2v) is 9.57. The lowest BCUT2D eigenvalue weighted by Gasteiger charge is -2.13. The number of aryl methyl sites for hydroxylation is 2. The van der Waals surface area contributed by atoms with Gasteiger partial charge in [0.25, 0.3) is 0 Å². The van der Waals surface area contributed by atoms with Crippen molar-refractivity contribution in [2.24, 2.45) is 0 Å². The second-order valence-electron chi connectivity index (χ2n) is 9.57. The van der Waals surface area contributed by atoms with E-state index >= 15 is 0 Å². The molecule has 1 heterocycles. The third-order valence-electron chi connectivity index (χ3n) is 6.66. The van der Waals surface area contributed by atoms with E-state index in [-0.39, 0.29) is 0 Å². The number of rotatable bonds is 5. The van der Waals surface area contributed by atoms with Crippen molar-refractivity contribution in [3.05, 3.63) is 139 Å². The van der Waals surface area contributed by atoms with Gasteiger partial charge in [-0.2, -0.15) is 0 Å². The third-order valence-corrected chi connectivity index (χ3v) is 6.66. The molecule has 0 fully saturated rings. The minimum absolute atomic E-state index is 0.653. The summed E-state index contributed by atoms with van der Waals surface area (Å²) < 4.78 is 0. The van der Waals surface area contributed by atoms with E-state index in [1.54, 1.807) is 0 Å². The van der Waals surface area contributed by atoms with Gasteiger partial charge in [0, 0.05) is 16.7 Å². The first-order chi connectivity index (χ1) is 18.6. The summed E-state index contributed by atoms with van der Waals surface area (Å²) in [7, 11) is 0. The normalized spacial score (nSPS) is 10.9. The topological polar surface area (TPSA) is 38.7 Å². The van der Waals surface area contributed by atoms with Gasteiger partial charge in [0.2, 0.25) is 0 Å². The van der Waals surface area contributed by atoms with Crippen LogP contribution in [0.4, 0.5) is 0 Å². The number of nitrogens with zero attached hydrogens (tertiary/aromatic N) is 3. The molecule has 0 amide bonds. The van der Waals surface area contributed by atoms with Crippen LogP contribution in [0.15, 0.2) is 127 Å². The molecule has 0 saturated carbocycles. The van der Waals surface area contributed by atoms with E-state index in [0.29, 0.717) is 17.5 Å². The summed E-state index contributed by atoms with van der Waals surface area (Å²) in [5.74, 6) is 1.97. The fourth-order valence-electron chi connectivity index (χ4n) is 4.52. The molecule has 0 unspecified atom stereocenters. The Bertz CT molecular complexity index is 1570. The highest BCUT2D eigenvalue weighted by atomic mass is 15.0. The summed E-state index contributed by atoms with van der Waals surface area (Å²) in [6.45, 7) is 4.22. The van der Waals surface area contributed by atoms with Crippen molar-refractivity contribution >= 4 is 0 Å². The number of benzene rings is 5. The van der Waals surface area contributed by atoms with Crippen molar-refractivity contribution in [2.45, 2.75) is 13.8 Å². The Morgan fingerprint density at radius 2 is 0.658 bits per heavy atom. The Kier molecular flexibility index (Phi) is 6.33. The lowest BCUT2D eigenvalue weighted by molar-refractivity contribution is 1.07. The Morgan fingerprint density at radius 1 is 0.316 bits per heavy atom. The molecule has 182 valence electrons. The smallest absolute Gasteiger partial charge is 0.164 e. The van der Waals surface area contributed by atoms with Crippen LogP contribution in [0.25, 0.3) is 56.4 Å². The van der Waals surface area contributed by atoms with Crippen LogP contribution in [0.1, 0.15) is 11.1 Å². The minimum Gasteiger partial charge on any atom is -0.208 e. The van der Waals surface area contributed by atoms with Gasteiger partial charge in [0.1, 0.15) is 0 Å². The third kappa shape index (κ3) is 5.00. The average molecular weight is 490 g/mol.